The van der Waals surface area contributed by atoms with Crippen molar-refractivity contribution in [1.29, 1.82) is 0 Å². The van der Waals surface area contributed by atoms with Gasteiger partial charge >= 0.3 is 18.6 Å². The van der Waals surface area contributed by atoms with E-state index in [9.17, 15) is 0 Å². The van der Waals surface area contributed by atoms with Crippen LogP contribution in [0.4, 0.5) is 0 Å². The van der Waals surface area contributed by atoms with Crippen molar-refractivity contribution < 1.29 is 65.3 Å². The van der Waals surface area contributed by atoms with Crippen molar-refractivity contribution in [3.8, 4) is 0 Å². The zero-order chi connectivity index (χ0) is 17.5. The number of nitrogens with zero attached hydrogens (tertiary/aromatic N) is 3. The van der Waals surface area contributed by atoms with Gasteiger partial charge < -0.3 is 46.7 Å². The second-order valence-corrected chi connectivity index (χ2v) is 7.84. The second-order valence-electron chi connectivity index (χ2n) is 7.84. The number of hydrogen-bond acceptors (Lipinski definition) is 5. The maximum atomic E-state index is 5.82. The summed E-state index contributed by atoms with van der Waals surface area (Å²) in [4.78, 5) is 14.2. The Morgan fingerprint density at radius 2 is 1.14 bits per heavy atom. The van der Waals surface area contributed by atoms with Gasteiger partial charge in [-0.2, -0.15) is 0 Å². The Hall–Kier alpha value is -0.456. The van der Waals surface area contributed by atoms with Gasteiger partial charge in [-0.15, -0.1) is 0 Å². The zero-order valence-electron chi connectivity index (χ0n) is 17.0. The van der Waals surface area contributed by atoms with E-state index in [-0.39, 0.29) is 66.9 Å². The van der Waals surface area contributed by atoms with Crippen LogP contribution in [-0.4, -0.2) is 41.1 Å². The molecule has 3 rings (SSSR count). The molecule has 3 heterocycles. The third kappa shape index (κ3) is 5.79. The molecule has 156 valence electrons. The largest absolute Gasteiger partial charge is 3.00 e. The van der Waals surface area contributed by atoms with Gasteiger partial charge in [0.05, 0.1) is 11.1 Å². The Balaban J connectivity index is 0. The van der Waals surface area contributed by atoms with Crippen molar-refractivity contribution in [2.45, 2.75) is 52.6 Å². The third-order valence-electron chi connectivity index (χ3n) is 5.39. The minimum absolute atomic E-state index is 0. The zero-order valence-corrected chi connectivity index (χ0v) is 20.7. The van der Waals surface area contributed by atoms with E-state index in [0.29, 0.717) is 36.8 Å². The maximum Gasteiger partial charge on any atom is 3.00 e. The standard InChI is InChI=1S/C19H27N3O2.3ClH.V/c1-12(2)18(5)10-23-16(21-18)14-8-7-9-15(20-14)17-22-19(6,11-24-17)13(3)4;;;;/h7-9,12-13H,10-11H2,1-6H3;3*1H;/q;;;;+3/p-3/t18-,19-;;;;/m1..../s1. The normalized spacial score (nSPS) is 25.3. The van der Waals surface area contributed by atoms with E-state index >= 15 is 0 Å². The Kier molecular flexibility index (Phi) is 11.8. The molecule has 28 heavy (non-hydrogen) atoms. The van der Waals surface area contributed by atoms with Gasteiger partial charge in [0.25, 0.3) is 0 Å². The first-order valence-electron chi connectivity index (χ1n) is 8.67. The van der Waals surface area contributed by atoms with Crippen LogP contribution in [0.15, 0.2) is 28.2 Å². The van der Waals surface area contributed by atoms with Crippen LogP contribution in [-0.2, 0) is 28.0 Å². The molecule has 1 aromatic heterocycles. The van der Waals surface area contributed by atoms with E-state index in [1.165, 1.54) is 0 Å². The number of rotatable bonds is 4. The van der Waals surface area contributed by atoms with E-state index in [0.717, 1.165) is 11.4 Å². The number of hydrogen-bond donors (Lipinski definition) is 0. The summed E-state index contributed by atoms with van der Waals surface area (Å²) in [5.41, 5.74) is 1.09. The van der Waals surface area contributed by atoms with Gasteiger partial charge in [-0.25, -0.2) is 15.0 Å². The van der Waals surface area contributed by atoms with E-state index < -0.39 is 0 Å². The predicted molar refractivity (Wildman–Crippen MR) is 95.7 cm³/mol. The summed E-state index contributed by atoms with van der Waals surface area (Å²) in [6.07, 6.45) is 0. The van der Waals surface area contributed by atoms with Crippen molar-refractivity contribution in [2.75, 3.05) is 13.2 Å². The smallest absolute Gasteiger partial charge is 1.00 e. The SMILES string of the molecule is CC(C)[C@@]1(C)COC(c2cccc(C3=N[C@@](C)(C(C)C)CO3)n2)=N1.[Cl-].[Cl-].[Cl-].[V+3]. The monoisotopic (exact) mass is 485 g/mol. The fraction of sp³-hybridized carbons (Fsp3) is 0.632. The van der Waals surface area contributed by atoms with Gasteiger partial charge in [-0.05, 0) is 37.8 Å². The second kappa shape index (κ2) is 11.1. The van der Waals surface area contributed by atoms with Crippen molar-refractivity contribution in [1.82, 2.24) is 4.98 Å². The number of aromatic nitrogens is 1. The van der Waals surface area contributed by atoms with Gasteiger partial charge in [-0.3, -0.25) is 0 Å². The van der Waals surface area contributed by atoms with E-state index in [1.54, 1.807) is 0 Å². The van der Waals surface area contributed by atoms with Crippen molar-refractivity contribution >= 4 is 11.8 Å². The molecule has 5 nitrogen and oxygen atoms in total. The molecule has 0 bridgehead atoms. The molecular formula is C19H27Cl3N3O2V. The molecular weight excluding hydrogens is 460 g/mol. The molecule has 2 aliphatic heterocycles. The van der Waals surface area contributed by atoms with Crippen molar-refractivity contribution in [3.05, 3.63) is 29.6 Å². The van der Waals surface area contributed by atoms with Crippen LogP contribution in [0.3, 0.4) is 0 Å². The fourth-order valence-electron chi connectivity index (χ4n) is 2.55. The molecule has 1 aromatic rings. The Labute approximate surface area is 198 Å². The first-order chi connectivity index (χ1) is 11.2. The summed E-state index contributed by atoms with van der Waals surface area (Å²) in [5.74, 6) is 2.04. The number of halogens is 3. The number of ether oxygens (including phenoxy) is 2. The predicted octanol–water partition coefficient (Wildman–Crippen LogP) is -5.53. The minimum Gasteiger partial charge on any atom is -1.00 e. The summed E-state index contributed by atoms with van der Waals surface area (Å²) in [5, 5.41) is 0. The molecule has 0 saturated carbocycles. The molecule has 0 aliphatic carbocycles. The van der Waals surface area contributed by atoms with Gasteiger partial charge in [-0.1, -0.05) is 33.8 Å². The molecule has 0 amide bonds. The van der Waals surface area contributed by atoms with Gasteiger partial charge in [0.15, 0.2) is 0 Å². The molecule has 0 aromatic carbocycles. The van der Waals surface area contributed by atoms with Crippen LogP contribution in [0.2, 0.25) is 0 Å². The molecule has 0 radical (unpaired) electrons. The Morgan fingerprint density at radius 3 is 1.43 bits per heavy atom. The quantitative estimate of drug-likeness (QED) is 0.427. The summed E-state index contributed by atoms with van der Waals surface area (Å²) in [7, 11) is 0. The summed E-state index contributed by atoms with van der Waals surface area (Å²) in [6.45, 7) is 14.1. The first kappa shape index (κ1) is 29.7. The molecule has 2 atom stereocenters. The molecule has 9 heteroatoms. The van der Waals surface area contributed by atoms with Crippen LogP contribution in [0.25, 0.3) is 0 Å². The van der Waals surface area contributed by atoms with E-state index in [2.05, 4.69) is 46.5 Å². The van der Waals surface area contributed by atoms with Crippen molar-refractivity contribution in [3.63, 3.8) is 0 Å². The molecule has 0 spiro atoms. The van der Waals surface area contributed by atoms with Crippen molar-refractivity contribution in [2.24, 2.45) is 21.8 Å². The molecule has 0 unspecified atom stereocenters. The van der Waals surface area contributed by atoms with Gasteiger partial charge in [0.2, 0.25) is 11.8 Å². The molecule has 2 aliphatic rings. The van der Waals surface area contributed by atoms with Crippen LogP contribution >= 0.6 is 0 Å². The summed E-state index contributed by atoms with van der Waals surface area (Å²) in [6, 6.07) is 5.79. The fourth-order valence-corrected chi connectivity index (χ4v) is 2.55. The van der Waals surface area contributed by atoms with Crippen LogP contribution in [0.1, 0.15) is 52.9 Å². The topological polar surface area (TPSA) is 56.1 Å². The Bertz CT molecular complexity index is 660. The molecule has 0 fully saturated rings. The van der Waals surface area contributed by atoms with Crippen LogP contribution in [0, 0.1) is 11.8 Å². The van der Waals surface area contributed by atoms with Gasteiger partial charge in [0.1, 0.15) is 24.6 Å². The van der Waals surface area contributed by atoms with E-state index in [1.807, 2.05) is 18.2 Å². The summed E-state index contributed by atoms with van der Waals surface area (Å²) < 4.78 is 11.6. The number of pyridine rings is 1. The average molecular weight is 487 g/mol. The third-order valence-corrected chi connectivity index (χ3v) is 5.39. The first-order valence-corrected chi connectivity index (χ1v) is 8.67. The van der Waals surface area contributed by atoms with Crippen LogP contribution in [0.5, 0.6) is 0 Å². The maximum absolute atomic E-state index is 5.82. The van der Waals surface area contributed by atoms with E-state index in [4.69, 9.17) is 19.5 Å². The van der Waals surface area contributed by atoms with Gasteiger partial charge in [0, 0.05) is 0 Å². The molecule has 0 saturated heterocycles. The minimum atomic E-state index is -0.190. The summed E-state index contributed by atoms with van der Waals surface area (Å²) >= 11 is 0. The number of aliphatic imine (C=N–C) groups is 2. The Morgan fingerprint density at radius 1 is 0.786 bits per heavy atom. The molecule has 0 N–H and O–H groups in total. The van der Waals surface area contributed by atoms with Crippen LogP contribution < -0.4 is 37.2 Å². The average Bonchev–Trinajstić information content (AvgIpc) is 3.13.